The van der Waals surface area contributed by atoms with E-state index in [2.05, 4.69) is 0 Å². The highest BCUT2D eigenvalue weighted by Gasteiger charge is 1.98. The zero-order valence-corrected chi connectivity index (χ0v) is 5.53. The fourth-order valence-electron chi connectivity index (χ4n) is 0.721. The van der Waals surface area contributed by atoms with Gasteiger partial charge in [0.2, 0.25) is 5.43 Å². The van der Waals surface area contributed by atoms with Gasteiger partial charge in [0.1, 0.15) is 0 Å². The van der Waals surface area contributed by atoms with Gasteiger partial charge in [0.05, 0.1) is 6.20 Å². The van der Waals surface area contributed by atoms with Gasteiger partial charge in [-0.1, -0.05) is 0 Å². The second kappa shape index (κ2) is 2.06. The van der Waals surface area contributed by atoms with Crippen molar-refractivity contribution in [3.05, 3.63) is 28.2 Å². The van der Waals surface area contributed by atoms with E-state index in [0.29, 0.717) is 5.56 Å². The van der Waals surface area contributed by atoms with Crippen molar-refractivity contribution in [3.63, 3.8) is 0 Å². The maximum Gasteiger partial charge on any atom is 0.226 e. The molecule has 1 rings (SSSR count). The van der Waals surface area contributed by atoms with Crippen LogP contribution in [0.1, 0.15) is 5.56 Å². The second-order valence-electron chi connectivity index (χ2n) is 2.10. The molecule has 1 heterocycles. The normalized spacial score (nSPS) is 9.70. The standard InChI is InChI=1S/C6H8N2O2/c1-4-2-8(7)3-5(9)6(4)10/h2-3,9H,7H2,1H3. The van der Waals surface area contributed by atoms with Gasteiger partial charge in [0, 0.05) is 11.8 Å². The Bertz CT molecular complexity index is 277. The first-order valence-electron chi connectivity index (χ1n) is 2.78. The molecule has 1 aromatic heterocycles. The highest BCUT2D eigenvalue weighted by atomic mass is 16.3. The van der Waals surface area contributed by atoms with Crippen molar-refractivity contribution in [2.75, 3.05) is 5.84 Å². The van der Waals surface area contributed by atoms with Crippen LogP contribution in [0, 0.1) is 6.92 Å². The van der Waals surface area contributed by atoms with Crippen LogP contribution < -0.4 is 11.3 Å². The van der Waals surface area contributed by atoms with Crippen molar-refractivity contribution in [1.82, 2.24) is 4.68 Å². The van der Waals surface area contributed by atoms with Crippen molar-refractivity contribution in [2.45, 2.75) is 6.92 Å². The highest BCUT2D eigenvalue weighted by molar-refractivity contribution is 5.22. The first kappa shape index (κ1) is 6.67. The van der Waals surface area contributed by atoms with E-state index in [0.717, 1.165) is 10.9 Å². The number of aryl methyl sites for hydroxylation is 1. The summed E-state index contributed by atoms with van der Waals surface area (Å²) in [5.41, 5.74) is 0.0594. The minimum atomic E-state index is -0.373. The summed E-state index contributed by atoms with van der Waals surface area (Å²) in [5, 5.41) is 8.87. The number of hydrogen-bond donors (Lipinski definition) is 2. The van der Waals surface area contributed by atoms with Crippen LogP contribution in [0.5, 0.6) is 5.75 Å². The van der Waals surface area contributed by atoms with Crippen LogP contribution in [0.15, 0.2) is 17.2 Å². The Morgan fingerprint density at radius 2 is 2.20 bits per heavy atom. The Morgan fingerprint density at radius 3 is 2.70 bits per heavy atom. The van der Waals surface area contributed by atoms with Crippen LogP contribution in [0.4, 0.5) is 0 Å². The Hall–Kier alpha value is -1.45. The maximum atomic E-state index is 10.8. The summed E-state index contributed by atoms with van der Waals surface area (Å²) in [7, 11) is 0. The number of aromatic hydroxyl groups is 1. The number of nitrogens with two attached hydrogens (primary N) is 1. The van der Waals surface area contributed by atoms with Gasteiger partial charge in [0.25, 0.3) is 0 Å². The molecule has 0 aliphatic heterocycles. The summed E-state index contributed by atoms with van der Waals surface area (Å²) in [5.74, 6) is 4.93. The van der Waals surface area contributed by atoms with E-state index in [1.165, 1.54) is 6.20 Å². The van der Waals surface area contributed by atoms with Gasteiger partial charge < -0.3 is 10.9 Å². The molecule has 0 aliphatic rings. The Labute approximate surface area is 57.5 Å². The quantitative estimate of drug-likeness (QED) is 0.481. The van der Waals surface area contributed by atoms with E-state index in [9.17, 15) is 4.79 Å². The fourth-order valence-corrected chi connectivity index (χ4v) is 0.721. The Kier molecular flexibility index (Phi) is 1.37. The number of aromatic nitrogens is 1. The van der Waals surface area contributed by atoms with Crippen LogP contribution in [0.2, 0.25) is 0 Å². The third-order valence-corrected chi connectivity index (χ3v) is 1.20. The van der Waals surface area contributed by atoms with Crippen LogP contribution in [0.3, 0.4) is 0 Å². The highest BCUT2D eigenvalue weighted by Crippen LogP contribution is 1.98. The van der Waals surface area contributed by atoms with E-state index in [4.69, 9.17) is 10.9 Å². The molecule has 0 atom stereocenters. The van der Waals surface area contributed by atoms with Gasteiger partial charge in [0.15, 0.2) is 5.75 Å². The van der Waals surface area contributed by atoms with Crippen molar-refractivity contribution in [1.29, 1.82) is 0 Å². The average Bonchev–Trinajstić information content (AvgIpc) is 1.82. The number of nitrogens with zero attached hydrogens (tertiary/aromatic N) is 1. The molecule has 0 aliphatic carbocycles. The molecule has 1 aromatic rings. The zero-order valence-electron chi connectivity index (χ0n) is 5.53. The third-order valence-electron chi connectivity index (χ3n) is 1.20. The van der Waals surface area contributed by atoms with E-state index in [-0.39, 0.29) is 11.2 Å². The van der Waals surface area contributed by atoms with Gasteiger partial charge in [-0.25, -0.2) is 0 Å². The molecule has 10 heavy (non-hydrogen) atoms. The summed E-state index contributed by atoms with van der Waals surface area (Å²) >= 11 is 0. The van der Waals surface area contributed by atoms with Gasteiger partial charge in [-0.2, -0.15) is 0 Å². The lowest BCUT2D eigenvalue weighted by Gasteiger charge is -1.99. The van der Waals surface area contributed by atoms with Crippen molar-refractivity contribution >= 4 is 0 Å². The smallest absolute Gasteiger partial charge is 0.226 e. The van der Waals surface area contributed by atoms with Crippen LogP contribution in [0.25, 0.3) is 0 Å². The summed E-state index contributed by atoms with van der Waals surface area (Å²) in [4.78, 5) is 10.8. The van der Waals surface area contributed by atoms with Crippen LogP contribution in [-0.2, 0) is 0 Å². The summed E-state index contributed by atoms with van der Waals surface area (Å²) in [6.45, 7) is 1.59. The monoisotopic (exact) mass is 140 g/mol. The van der Waals surface area contributed by atoms with Gasteiger partial charge in [-0.05, 0) is 6.92 Å². The lowest BCUT2D eigenvalue weighted by atomic mass is 10.3. The number of rotatable bonds is 0. The van der Waals surface area contributed by atoms with E-state index >= 15 is 0 Å². The summed E-state index contributed by atoms with van der Waals surface area (Å²) in [6.07, 6.45) is 2.61. The van der Waals surface area contributed by atoms with E-state index in [1.807, 2.05) is 0 Å². The molecule has 0 radical (unpaired) electrons. The molecule has 0 fully saturated rings. The molecule has 4 heteroatoms. The molecule has 54 valence electrons. The number of hydrogen-bond acceptors (Lipinski definition) is 3. The average molecular weight is 140 g/mol. The molecular weight excluding hydrogens is 132 g/mol. The molecular formula is C6H8N2O2. The van der Waals surface area contributed by atoms with Gasteiger partial charge in [-0.3, -0.25) is 9.47 Å². The molecule has 0 amide bonds. The maximum absolute atomic E-state index is 10.8. The predicted molar refractivity (Wildman–Crippen MR) is 37.3 cm³/mol. The van der Waals surface area contributed by atoms with Crippen molar-refractivity contribution in [2.24, 2.45) is 0 Å². The molecule has 4 nitrogen and oxygen atoms in total. The summed E-state index contributed by atoms with van der Waals surface area (Å²) < 4.78 is 1.14. The van der Waals surface area contributed by atoms with E-state index < -0.39 is 0 Å². The van der Waals surface area contributed by atoms with Crippen molar-refractivity contribution < 1.29 is 5.11 Å². The minimum absolute atomic E-state index is 0.317. The third kappa shape index (κ3) is 0.953. The molecule has 0 unspecified atom stereocenters. The van der Waals surface area contributed by atoms with Crippen molar-refractivity contribution in [3.8, 4) is 5.75 Å². The molecule has 0 saturated carbocycles. The minimum Gasteiger partial charge on any atom is -0.503 e. The van der Waals surface area contributed by atoms with E-state index in [1.54, 1.807) is 6.92 Å². The fraction of sp³-hybridized carbons (Fsp3) is 0.167. The first-order valence-corrected chi connectivity index (χ1v) is 2.78. The molecule has 0 aromatic carbocycles. The number of pyridine rings is 1. The topological polar surface area (TPSA) is 68.2 Å². The Balaban J connectivity index is 3.46. The van der Waals surface area contributed by atoms with Gasteiger partial charge in [-0.15, -0.1) is 0 Å². The molecule has 0 bridgehead atoms. The second-order valence-corrected chi connectivity index (χ2v) is 2.10. The SMILES string of the molecule is Cc1cn(N)cc(O)c1=O. The zero-order chi connectivity index (χ0) is 7.72. The molecule has 0 spiro atoms. The van der Waals surface area contributed by atoms with Crippen LogP contribution >= 0.6 is 0 Å². The van der Waals surface area contributed by atoms with Gasteiger partial charge >= 0.3 is 0 Å². The van der Waals surface area contributed by atoms with Crippen LogP contribution in [-0.4, -0.2) is 9.78 Å². The largest absolute Gasteiger partial charge is 0.503 e. The summed E-state index contributed by atoms with van der Waals surface area (Å²) in [6, 6.07) is 0. The predicted octanol–water partition coefficient (Wildman–Crippen LogP) is -0.424. The molecule has 3 N–H and O–H groups in total. The number of nitrogen functional groups attached to an aromatic ring is 1. The first-order chi connectivity index (χ1) is 4.61. The molecule has 0 saturated heterocycles. The lowest BCUT2D eigenvalue weighted by Crippen LogP contribution is -2.14. The lowest BCUT2D eigenvalue weighted by molar-refractivity contribution is 0.464. The Morgan fingerprint density at radius 1 is 1.60 bits per heavy atom.